The van der Waals surface area contributed by atoms with Crippen molar-refractivity contribution in [1.29, 1.82) is 0 Å². The Morgan fingerprint density at radius 2 is 1.60 bits per heavy atom. The standard InChI is InChI=1S/C26H38N4/c1-2-3-4-5-6-7-8-12-19-28-23-17-18-25-24(21-23)29-26(27)30(25)20-13-16-22-14-10-9-11-15-22/h9-11,14-15,17-18,21,28H,2-8,12-13,16,19-20H2,1H3,(H2,27,29). The third kappa shape index (κ3) is 6.79. The van der Waals surface area contributed by atoms with E-state index in [1.807, 2.05) is 0 Å². The van der Waals surface area contributed by atoms with Crippen molar-refractivity contribution < 1.29 is 0 Å². The fourth-order valence-corrected chi connectivity index (χ4v) is 4.07. The lowest BCUT2D eigenvalue weighted by Crippen LogP contribution is -2.04. The van der Waals surface area contributed by atoms with E-state index in [0.717, 1.165) is 42.7 Å². The van der Waals surface area contributed by atoms with E-state index in [9.17, 15) is 0 Å². The monoisotopic (exact) mass is 406 g/mol. The molecule has 0 saturated heterocycles. The number of nitrogens with one attached hydrogen (secondary N) is 1. The summed E-state index contributed by atoms with van der Waals surface area (Å²) >= 11 is 0. The van der Waals surface area contributed by atoms with Crippen molar-refractivity contribution >= 4 is 22.7 Å². The molecular weight excluding hydrogens is 368 g/mol. The molecule has 0 unspecified atom stereocenters. The smallest absolute Gasteiger partial charge is 0.201 e. The molecule has 0 aliphatic rings. The van der Waals surface area contributed by atoms with Crippen molar-refractivity contribution in [3.63, 3.8) is 0 Å². The van der Waals surface area contributed by atoms with Gasteiger partial charge in [-0.3, -0.25) is 0 Å². The van der Waals surface area contributed by atoms with Crippen LogP contribution in [0.1, 0.15) is 70.3 Å². The van der Waals surface area contributed by atoms with Gasteiger partial charge < -0.3 is 15.6 Å². The maximum Gasteiger partial charge on any atom is 0.201 e. The van der Waals surface area contributed by atoms with Gasteiger partial charge in [0.05, 0.1) is 11.0 Å². The summed E-state index contributed by atoms with van der Waals surface area (Å²) in [4.78, 5) is 4.59. The number of hydrogen-bond acceptors (Lipinski definition) is 3. The number of nitrogen functional groups attached to an aromatic ring is 1. The average Bonchev–Trinajstić information content (AvgIpc) is 3.08. The molecule has 4 nitrogen and oxygen atoms in total. The third-order valence-corrected chi connectivity index (χ3v) is 5.83. The first kappa shape index (κ1) is 22.2. The highest BCUT2D eigenvalue weighted by Crippen LogP contribution is 2.22. The molecule has 0 fully saturated rings. The van der Waals surface area contributed by atoms with Gasteiger partial charge in [-0.25, -0.2) is 4.98 Å². The van der Waals surface area contributed by atoms with Crippen LogP contribution in [0.25, 0.3) is 11.0 Å². The normalized spacial score (nSPS) is 11.2. The summed E-state index contributed by atoms with van der Waals surface area (Å²) in [5, 5.41) is 3.55. The number of benzene rings is 2. The van der Waals surface area contributed by atoms with Crippen LogP contribution in [0.2, 0.25) is 0 Å². The molecule has 0 atom stereocenters. The second-order valence-electron chi connectivity index (χ2n) is 8.32. The molecule has 0 radical (unpaired) electrons. The number of anilines is 2. The molecule has 0 aliphatic heterocycles. The van der Waals surface area contributed by atoms with E-state index in [4.69, 9.17) is 5.73 Å². The van der Waals surface area contributed by atoms with Crippen LogP contribution in [0.15, 0.2) is 48.5 Å². The fourth-order valence-electron chi connectivity index (χ4n) is 4.07. The number of rotatable bonds is 14. The van der Waals surface area contributed by atoms with Gasteiger partial charge in [0.1, 0.15) is 0 Å². The van der Waals surface area contributed by atoms with E-state index in [1.165, 1.54) is 56.9 Å². The molecule has 3 aromatic rings. The highest BCUT2D eigenvalue weighted by Gasteiger charge is 2.08. The summed E-state index contributed by atoms with van der Waals surface area (Å²) in [6.07, 6.45) is 12.9. The van der Waals surface area contributed by atoms with Crippen molar-refractivity contribution in [2.75, 3.05) is 17.6 Å². The second-order valence-corrected chi connectivity index (χ2v) is 8.32. The molecule has 0 amide bonds. The number of aryl methyl sites for hydroxylation is 2. The quantitative estimate of drug-likeness (QED) is 0.289. The van der Waals surface area contributed by atoms with Crippen LogP contribution in [0.3, 0.4) is 0 Å². The maximum atomic E-state index is 6.21. The van der Waals surface area contributed by atoms with E-state index in [2.05, 4.69) is 70.3 Å². The van der Waals surface area contributed by atoms with Gasteiger partial charge in [-0.1, -0.05) is 82.2 Å². The van der Waals surface area contributed by atoms with Crippen LogP contribution in [0.4, 0.5) is 11.6 Å². The van der Waals surface area contributed by atoms with Crippen LogP contribution in [0, 0.1) is 0 Å². The number of hydrogen-bond donors (Lipinski definition) is 2. The minimum Gasteiger partial charge on any atom is -0.385 e. The Morgan fingerprint density at radius 1 is 0.867 bits per heavy atom. The van der Waals surface area contributed by atoms with E-state index in [-0.39, 0.29) is 0 Å². The molecule has 3 rings (SSSR count). The van der Waals surface area contributed by atoms with Gasteiger partial charge in [0.2, 0.25) is 5.95 Å². The first-order valence-electron chi connectivity index (χ1n) is 11.8. The third-order valence-electron chi connectivity index (χ3n) is 5.83. The predicted molar refractivity (Wildman–Crippen MR) is 130 cm³/mol. The Balaban J connectivity index is 1.43. The number of aromatic nitrogens is 2. The Kier molecular flexibility index (Phi) is 9.07. The van der Waals surface area contributed by atoms with E-state index in [1.54, 1.807) is 0 Å². The molecule has 0 saturated carbocycles. The van der Waals surface area contributed by atoms with E-state index in [0.29, 0.717) is 5.95 Å². The fraction of sp³-hybridized carbons (Fsp3) is 0.500. The molecule has 162 valence electrons. The van der Waals surface area contributed by atoms with Crippen molar-refractivity contribution in [3.05, 3.63) is 54.1 Å². The molecular formula is C26H38N4. The predicted octanol–water partition coefficient (Wildman–Crippen LogP) is 6.80. The van der Waals surface area contributed by atoms with Crippen LogP contribution in [0.5, 0.6) is 0 Å². The lowest BCUT2D eigenvalue weighted by Gasteiger charge is -2.08. The zero-order valence-corrected chi connectivity index (χ0v) is 18.6. The lowest BCUT2D eigenvalue weighted by atomic mass is 10.1. The molecule has 0 aliphatic carbocycles. The number of fused-ring (bicyclic) bond motifs is 1. The number of nitrogens with two attached hydrogens (primary N) is 1. The zero-order chi connectivity index (χ0) is 21.0. The summed E-state index contributed by atoms with van der Waals surface area (Å²) in [5.41, 5.74) is 10.8. The van der Waals surface area contributed by atoms with Gasteiger partial charge in [0.15, 0.2) is 0 Å². The summed E-state index contributed by atoms with van der Waals surface area (Å²) in [7, 11) is 0. The highest BCUT2D eigenvalue weighted by atomic mass is 15.1. The number of imidazole rings is 1. The molecule has 30 heavy (non-hydrogen) atoms. The highest BCUT2D eigenvalue weighted by molar-refractivity contribution is 5.82. The topological polar surface area (TPSA) is 55.9 Å². The molecule has 1 aromatic heterocycles. The average molecular weight is 407 g/mol. The second kappa shape index (κ2) is 12.3. The van der Waals surface area contributed by atoms with E-state index >= 15 is 0 Å². The SMILES string of the molecule is CCCCCCCCCCNc1ccc2c(c1)nc(N)n2CCCc1ccccc1. The molecule has 0 spiro atoms. The van der Waals surface area contributed by atoms with Crippen molar-refractivity contribution in [1.82, 2.24) is 9.55 Å². The van der Waals surface area contributed by atoms with Crippen molar-refractivity contribution in [3.8, 4) is 0 Å². The number of nitrogens with zero attached hydrogens (tertiary/aromatic N) is 2. The van der Waals surface area contributed by atoms with Gasteiger partial charge in [0.25, 0.3) is 0 Å². The molecule has 3 N–H and O–H groups in total. The minimum atomic E-state index is 0.610. The minimum absolute atomic E-state index is 0.610. The number of unbranched alkanes of at least 4 members (excludes halogenated alkanes) is 7. The summed E-state index contributed by atoms with van der Waals surface area (Å²) in [6, 6.07) is 17.0. The van der Waals surface area contributed by atoms with E-state index < -0.39 is 0 Å². The summed E-state index contributed by atoms with van der Waals surface area (Å²) in [5.74, 6) is 0.610. The largest absolute Gasteiger partial charge is 0.385 e. The van der Waals surface area contributed by atoms with Crippen molar-refractivity contribution in [2.24, 2.45) is 0 Å². The summed E-state index contributed by atoms with van der Waals surface area (Å²) < 4.78 is 2.14. The Bertz CT molecular complexity index is 869. The van der Waals surface area contributed by atoms with Crippen LogP contribution in [-0.4, -0.2) is 16.1 Å². The molecule has 1 heterocycles. The Morgan fingerprint density at radius 3 is 2.37 bits per heavy atom. The first-order valence-corrected chi connectivity index (χ1v) is 11.8. The van der Waals surface area contributed by atoms with Gasteiger partial charge in [-0.15, -0.1) is 0 Å². The molecule has 0 bridgehead atoms. The van der Waals surface area contributed by atoms with Crippen LogP contribution in [-0.2, 0) is 13.0 Å². The van der Waals surface area contributed by atoms with Gasteiger partial charge in [0, 0.05) is 18.8 Å². The van der Waals surface area contributed by atoms with Crippen LogP contribution < -0.4 is 11.1 Å². The van der Waals surface area contributed by atoms with Crippen molar-refractivity contribution in [2.45, 2.75) is 77.7 Å². The van der Waals surface area contributed by atoms with Gasteiger partial charge in [-0.05, 0) is 43.0 Å². The molecule has 2 aromatic carbocycles. The maximum absolute atomic E-state index is 6.21. The molecule has 4 heteroatoms. The Labute approximate surface area is 181 Å². The first-order chi connectivity index (χ1) is 14.8. The van der Waals surface area contributed by atoms with Crippen LogP contribution >= 0.6 is 0 Å². The van der Waals surface area contributed by atoms with Gasteiger partial charge >= 0.3 is 0 Å². The summed E-state index contributed by atoms with van der Waals surface area (Å²) in [6.45, 7) is 4.18. The zero-order valence-electron chi connectivity index (χ0n) is 18.6. The van der Waals surface area contributed by atoms with Gasteiger partial charge in [-0.2, -0.15) is 0 Å². The Hall–Kier alpha value is -2.49. The lowest BCUT2D eigenvalue weighted by molar-refractivity contribution is 0.581.